The number of nitrogens with one attached hydrogen (secondary N) is 3. The molecule has 1 aliphatic carbocycles. The maximum atomic E-state index is 12.3. The van der Waals surface area contributed by atoms with Crippen LogP contribution in [-0.4, -0.2) is 34.4 Å². The first kappa shape index (κ1) is 16.5. The van der Waals surface area contributed by atoms with Crippen LogP contribution in [0.1, 0.15) is 51.1 Å². The maximum absolute atomic E-state index is 12.3. The fourth-order valence-corrected chi connectivity index (χ4v) is 3.10. The molecule has 6 nitrogen and oxygen atoms in total. The quantitative estimate of drug-likeness (QED) is 0.714. The highest BCUT2D eigenvalue weighted by Gasteiger charge is 2.24. The molecular weight excluding hydrogens is 280 g/mol. The molecule has 1 saturated carbocycles. The number of nitrogens with zero attached hydrogens (tertiary/aromatic N) is 1. The molecule has 1 aromatic rings. The lowest BCUT2D eigenvalue weighted by Gasteiger charge is -2.26. The Labute approximate surface area is 131 Å². The number of hydrogen-bond donors (Lipinski definition) is 3. The van der Waals surface area contributed by atoms with E-state index < -0.39 is 6.04 Å². The topological polar surface area (TPSA) is 86.9 Å². The predicted molar refractivity (Wildman–Crippen MR) is 84.1 cm³/mol. The Bertz CT molecular complexity index is 467. The molecule has 1 aromatic heterocycles. The second-order valence-corrected chi connectivity index (χ2v) is 6.09. The summed E-state index contributed by atoms with van der Waals surface area (Å²) < 4.78 is 0. The summed E-state index contributed by atoms with van der Waals surface area (Å²) in [4.78, 5) is 30.7. The minimum atomic E-state index is -0.417. The van der Waals surface area contributed by atoms with Crippen LogP contribution in [-0.2, 0) is 16.0 Å². The minimum absolute atomic E-state index is 0.0868. The van der Waals surface area contributed by atoms with E-state index in [0.29, 0.717) is 18.9 Å². The van der Waals surface area contributed by atoms with Gasteiger partial charge in [0.2, 0.25) is 11.8 Å². The van der Waals surface area contributed by atoms with Crippen LogP contribution in [0.25, 0.3) is 0 Å². The van der Waals surface area contributed by atoms with E-state index in [1.807, 2.05) is 6.20 Å². The van der Waals surface area contributed by atoms with Crippen LogP contribution in [0.2, 0.25) is 0 Å². The molecular formula is C16H26N4O2. The molecule has 0 bridgehead atoms. The van der Waals surface area contributed by atoms with Crippen molar-refractivity contribution in [1.82, 2.24) is 20.6 Å². The summed E-state index contributed by atoms with van der Waals surface area (Å²) in [6.45, 7) is 2.00. The number of imidazole rings is 1. The van der Waals surface area contributed by atoms with E-state index in [1.165, 1.54) is 26.2 Å². The SMILES string of the molecule is CC(=O)NC(CC1CCCCC1)C(=O)NCCc1c[nH]cn1. The van der Waals surface area contributed by atoms with Gasteiger partial charge in [-0.3, -0.25) is 9.59 Å². The summed E-state index contributed by atoms with van der Waals surface area (Å²) in [6.07, 6.45) is 11.0. The standard InChI is InChI=1S/C16H26N4O2/c1-12(21)20-15(9-13-5-3-2-4-6-13)16(22)18-8-7-14-10-17-11-19-14/h10-11,13,15H,2-9H2,1H3,(H,17,19)(H,18,22)(H,20,21). The van der Waals surface area contributed by atoms with Crippen LogP contribution in [0.15, 0.2) is 12.5 Å². The number of hydrogen-bond acceptors (Lipinski definition) is 3. The Kier molecular flexibility index (Phi) is 6.43. The third-order valence-corrected chi connectivity index (χ3v) is 4.22. The Hall–Kier alpha value is -1.85. The average molecular weight is 306 g/mol. The monoisotopic (exact) mass is 306 g/mol. The number of amides is 2. The van der Waals surface area contributed by atoms with E-state index in [-0.39, 0.29) is 11.8 Å². The summed E-state index contributed by atoms with van der Waals surface area (Å²) in [5.41, 5.74) is 0.920. The highest BCUT2D eigenvalue weighted by molar-refractivity contribution is 5.86. The number of rotatable bonds is 7. The molecule has 122 valence electrons. The summed E-state index contributed by atoms with van der Waals surface area (Å²) in [7, 11) is 0. The summed E-state index contributed by atoms with van der Waals surface area (Å²) in [5, 5.41) is 5.71. The van der Waals surface area contributed by atoms with Crippen molar-refractivity contribution < 1.29 is 9.59 Å². The van der Waals surface area contributed by atoms with Crippen LogP contribution in [0, 0.1) is 5.92 Å². The second kappa shape index (κ2) is 8.56. The van der Waals surface area contributed by atoms with Gasteiger partial charge in [-0.25, -0.2) is 4.98 Å². The molecule has 1 unspecified atom stereocenters. The van der Waals surface area contributed by atoms with Gasteiger partial charge in [0.15, 0.2) is 0 Å². The number of H-pyrrole nitrogens is 1. The Balaban J connectivity index is 1.80. The number of carbonyl (C=O) groups excluding carboxylic acids is 2. The zero-order valence-electron chi connectivity index (χ0n) is 13.2. The summed E-state index contributed by atoms with van der Waals surface area (Å²) in [5.74, 6) is 0.308. The lowest BCUT2D eigenvalue weighted by atomic mass is 9.84. The van der Waals surface area contributed by atoms with Gasteiger partial charge in [-0.2, -0.15) is 0 Å². The first-order valence-corrected chi connectivity index (χ1v) is 8.17. The van der Waals surface area contributed by atoms with E-state index in [1.54, 1.807) is 6.33 Å². The van der Waals surface area contributed by atoms with Gasteiger partial charge in [-0.15, -0.1) is 0 Å². The molecule has 1 aliphatic rings. The van der Waals surface area contributed by atoms with Gasteiger partial charge in [-0.1, -0.05) is 32.1 Å². The van der Waals surface area contributed by atoms with Crippen molar-refractivity contribution in [3.05, 3.63) is 18.2 Å². The smallest absolute Gasteiger partial charge is 0.242 e. The van der Waals surface area contributed by atoms with Crippen molar-refractivity contribution >= 4 is 11.8 Å². The molecule has 0 saturated heterocycles. The van der Waals surface area contributed by atoms with Crippen molar-refractivity contribution in [3.63, 3.8) is 0 Å². The molecule has 1 heterocycles. The van der Waals surface area contributed by atoms with Gasteiger partial charge in [0.1, 0.15) is 6.04 Å². The molecule has 0 aliphatic heterocycles. The Morgan fingerprint density at radius 3 is 2.77 bits per heavy atom. The van der Waals surface area contributed by atoms with Crippen LogP contribution < -0.4 is 10.6 Å². The number of aromatic amines is 1. The molecule has 3 N–H and O–H groups in total. The van der Waals surface area contributed by atoms with E-state index in [0.717, 1.165) is 25.0 Å². The maximum Gasteiger partial charge on any atom is 0.242 e. The Morgan fingerprint density at radius 1 is 1.36 bits per heavy atom. The lowest BCUT2D eigenvalue weighted by Crippen LogP contribution is -2.47. The molecule has 0 radical (unpaired) electrons. The van der Waals surface area contributed by atoms with Crippen molar-refractivity contribution in [2.24, 2.45) is 5.92 Å². The molecule has 2 amide bonds. The Morgan fingerprint density at radius 2 is 2.14 bits per heavy atom. The minimum Gasteiger partial charge on any atom is -0.354 e. The molecule has 0 aromatic carbocycles. The normalized spacial score (nSPS) is 17.0. The van der Waals surface area contributed by atoms with E-state index in [4.69, 9.17) is 0 Å². The molecule has 2 rings (SSSR count). The average Bonchev–Trinajstić information content (AvgIpc) is 3.00. The van der Waals surface area contributed by atoms with Crippen molar-refractivity contribution in [2.75, 3.05) is 6.54 Å². The van der Waals surface area contributed by atoms with E-state index in [2.05, 4.69) is 20.6 Å². The highest BCUT2D eigenvalue weighted by Crippen LogP contribution is 2.27. The summed E-state index contributed by atoms with van der Waals surface area (Å²) >= 11 is 0. The molecule has 0 spiro atoms. The number of carbonyl (C=O) groups is 2. The van der Waals surface area contributed by atoms with Crippen LogP contribution >= 0.6 is 0 Å². The predicted octanol–water partition coefficient (Wildman–Crippen LogP) is 1.54. The van der Waals surface area contributed by atoms with Crippen molar-refractivity contribution in [3.8, 4) is 0 Å². The molecule has 1 fully saturated rings. The highest BCUT2D eigenvalue weighted by atomic mass is 16.2. The van der Waals surface area contributed by atoms with Gasteiger partial charge in [0, 0.05) is 26.1 Å². The van der Waals surface area contributed by atoms with Gasteiger partial charge in [0.25, 0.3) is 0 Å². The number of aromatic nitrogens is 2. The van der Waals surface area contributed by atoms with Gasteiger partial charge >= 0.3 is 0 Å². The van der Waals surface area contributed by atoms with Gasteiger partial charge < -0.3 is 15.6 Å². The fraction of sp³-hybridized carbons (Fsp3) is 0.688. The first-order chi connectivity index (χ1) is 10.6. The molecule has 6 heteroatoms. The van der Waals surface area contributed by atoms with Crippen LogP contribution in [0.5, 0.6) is 0 Å². The third kappa shape index (κ3) is 5.50. The largest absolute Gasteiger partial charge is 0.354 e. The summed E-state index contributed by atoms with van der Waals surface area (Å²) in [6, 6.07) is -0.417. The fourth-order valence-electron chi connectivity index (χ4n) is 3.10. The van der Waals surface area contributed by atoms with E-state index in [9.17, 15) is 9.59 Å². The van der Waals surface area contributed by atoms with Crippen LogP contribution in [0.4, 0.5) is 0 Å². The van der Waals surface area contributed by atoms with Gasteiger partial charge in [0.05, 0.1) is 12.0 Å². The second-order valence-electron chi connectivity index (χ2n) is 6.09. The zero-order valence-corrected chi connectivity index (χ0v) is 13.2. The third-order valence-electron chi connectivity index (χ3n) is 4.22. The van der Waals surface area contributed by atoms with Gasteiger partial charge in [-0.05, 0) is 12.3 Å². The molecule has 1 atom stereocenters. The lowest BCUT2D eigenvalue weighted by molar-refractivity contribution is -0.128. The van der Waals surface area contributed by atoms with Crippen molar-refractivity contribution in [1.29, 1.82) is 0 Å². The molecule has 22 heavy (non-hydrogen) atoms. The van der Waals surface area contributed by atoms with Crippen LogP contribution in [0.3, 0.4) is 0 Å². The van der Waals surface area contributed by atoms with Crippen molar-refractivity contribution in [2.45, 2.75) is 57.9 Å². The zero-order chi connectivity index (χ0) is 15.8. The van der Waals surface area contributed by atoms with E-state index >= 15 is 0 Å². The first-order valence-electron chi connectivity index (χ1n) is 8.17.